The Morgan fingerprint density at radius 2 is 2.26 bits per heavy atom. The first kappa shape index (κ1) is 14.6. The van der Waals surface area contributed by atoms with Gasteiger partial charge in [0.05, 0.1) is 18.1 Å². The van der Waals surface area contributed by atoms with Crippen LogP contribution >= 0.6 is 11.6 Å². The van der Waals surface area contributed by atoms with Gasteiger partial charge in [0.1, 0.15) is 5.75 Å². The lowest BCUT2D eigenvalue weighted by Crippen LogP contribution is -2.29. The summed E-state index contributed by atoms with van der Waals surface area (Å²) in [5.74, 6) is 1.36. The van der Waals surface area contributed by atoms with Crippen molar-refractivity contribution in [2.75, 3.05) is 24.7 Å². The Balaban J connectivity index is 1.93. The second-order valence-electron chi connectivity index (χ2n) is 4.93. The fourth-order valence-corrected chi connectivity index (χ4v) is 4.45. The van der Waals surface area contributed by atoms with Gasteiger partial charge < -0.3 is 10.5 Å². The number of rotatable bonds is 5. The van der Waals surface area contributed by atoms with Crippen molar-refractivity contribution in [3.63, 3.8) is 0 Å². The van der Waals surface area contributed by atoms with Crippen LogP contribution in [0.25, 0.3) is 0 Å². The van der Waals surface area contributed by atoms with Crippen LogP contribution in [0.1, 0.15) is 6.42 Å². The summed E-state index contributed by atoms with van der Waals surface area (Å²) < 4.78 is 28.6. The SMILES string of the molecule is NCC(COc1cccc(Cl)c1)C1CCS(=O)(=O)C1. The van der Waals surface area contributed by atoms with E-state index in [1.165, 1.54) is 0 Å². The highest BCUT2D eigenvalue weighted by atomic mass is 35.5. The lowest BCUT2D eigenvalue weighted by atomic mass is 9.93. The lowest BCUT2D eigenvalue weighted by Gasteiger charge is -2.21. The number of sulfone groups is 1. The maximum Gasteiger partial charge on any atom is 0.150 e. The van der Waals surface area contributed by atoms with E-state index in [0.717, 1.165) is 0 Å². The summed E-state index contributed by atoms with van der Waals surface area (Å²) in [7, 11) is -2.87. The third-order valence-electron chi connectivity index (χ3n) is 3.50. The largest absolute Gasteiger partial charge is 0.493 e. The van der Waals surface area contributed by atoms with E-state index in [1.54, 1.807) is 12.1 Å². The fraction of sp³-hybridized carbons (Fsp3) is 0.538. The van der Waals surface area contributed by atoms with Crippen LogP contribution in [-0.4, -0.2) is 33.1 Å². The molecule has 6 heteroatoms. The number of nitrogens with two attached hydrogens (primary N) is 1. The Hall–Kier alpha value is -0.780. The van der Waals surface area contributed by atoms with Gasteiger partial charge in [-0.2, -0.15) is 0 Å². The Bertz CT molecular complexity index is 532. The van der Waals surface area contributed by atoms with Crippen LogP contribution in [0.4, 0.5) is 0 Å². The Labute approximate surface area is 118 Å². The minimum atomic E-state index is -2.87. The van der Waals surface area contributed by atoms with E-state index in [0.29, 0.717) is 30.3 Å². The van der Waals surface area contributed by atoms with Gasteiger partial charge in [-0.25, -0.2) is 8.42 Å². The molecule has 106 valence electrons. The van der Waals surface area contributed by atoms with Crippen molar-refractivity contribution in [1.82, 2.24) is 0 Å². The van der Waals surface area contributed by atoms with Gasteiger partial charge in [0.15, 0.2) is 9.84 Å². The molecule has 0 amide bonds. The molecule has 2 unspecified atom stereocenters. The van der Waals surface area contributed by atoms with E-state index in [4.69, 9.17) is 22.1 Å². The molecule has 1 aromatic rings. The number of halogens is 1. The van der Waals surface area contributed by atoms with Gasteiger partial charge in [-0.15, -0.1) is 0 Å². The van der Waals surface area contributed by atoms with Gasteiger partial charge in [-0.1, -0.05) is 17.7 Å². The second-order valence-corrected chi connectivity index (χ2v) is 7.59. The molecule has 0 saturated carbocycles. The second kappa shape index (κ2) is 6.11. The smallest absolute Gasteiger partial charge is 0.150 e. The maximum absolute atomic E-state index is 11.5. The van der Waals surface area contributed by atoms with Crippen molar-refractivity contribution in [2.45, 2.75) is 6.42 Å². The van der Waals surface area contributed by atoms with Gasteiger partial charge in [-0.3, -0.25) is 0 Å². The molecule has 0 aromatic heterocycles. The third kappa shape index (κ3) is 4.09. The lowest BCUT2D eigenvalue weighted by molar-refractivity contribution is 0.209. The predicted octanol–water partition coefficient (Wildman–Crippen LogP) is 1.73. The average molecular weight is 304 g/mol. The molecule has 0 bridgehead atoms. The average Bonchev–Trinajstić information content (AvgIpc) is 2.71. The molecule has 0 spiro atoms. The van der Waals surface area contributed by atoms with E-state index >= 15 is 0 Å². The molecule has 0 radical (unpaired) electrons. The molecule has 1 aliphatic heterocycles. The van der Waals surface area contributed by atoms with E-state index in [-0.39, 0.29) is 23.3 Å². The quantitative estimate of drug-likeness (QED) is 0.899. The highest BCUT2D eigenvalue weighted by molar-refractivity contribution is 7.91. The highest BCUT2D eigenvalue weighted by Crippen LogP contribution is 2.26. The molecular weight excluding hydrogens is 286 g/mol. The minimum Gasteiger partial charge on any atom is -0.493 e. The number of benzene rings is 1. The number of hydrogen-bond donors (Lipinski definition) is 1. The van der Waals surface area contributed by atoms with Gasteiger partial charge in [0.2, 0.25) is 0 Å². The molecule has 1 fully saturated rings. The topological polar surface area (TPSA) is 69.4 Å². The monoisotopic (exact) mass is 303 g/mol. The van der Waals surface area contributed by atoms with E-state index in [9.17, 15) is 8.42 Å². The molecule has 4 nitrogen and oxygen atoms in total. The van der Waals surface area contributed by atoms with Crippen LogP contribution < -0.4 is 10.5 Å². The normalized spacial score (nSPS) is 23.2. The molecule has 2 rings (SSSR count). The molecule has 1 aliphatic rings. The predicted molar refractivity (Wildman–Crippen MR) is 76.3 cm³/mol. The molecule has 2 N–H and O–H groups in total. The molecule has 1 heterocycles. The molecule has 2 atom stereocenters. The summed E-state index contributed by atoms with van der Waals surface area (Å²) in [4.78, 5) is 0. The van der Waals surface area contributed by atoms with E-state index < -0.39 is 9.84 Å². The number of ether oxygens (including phenoxy) is 1. The summed E-state index contributed by atoms with van der Waals surface area (Å²) >= 11 is 5.87. The fourth-order valence-electron chi connectivity index (χ4n) is 2.35. The summed E-state index contributed by atoms with van der Waals surface area (Å²) in [5.41, 5.74) is 5.73. The maximum atomic E-state index is 11.5. The Kier molecular flexibility index (Phi) is 4.71. The summed E-state index contributed by atoms with van der Waals surface area (Å²) in [5, 5.41) is 0.616. The van der Waals surface area contributed by atoms with Gasteiger partial charge >= 0.3 is 0 Å². The zero-order chi connectivity index (χ0) is 13.9. The van der Waals surface area contributed by atoms with E-state index in [2.05, 4.69) is 0 Å². The molecule has 1 saturated heterocycles. The van der Waals surface area contributed by atoms with Crippen molar-refractivity contribution in [2.24, 2.45) is 17.6 Å². The number of hydrogen-bond acceptors (Lipinski definition) is 4. The van der Waals surface area contributed by atoms with Crippen LogP contribution in [0.15, 0.2) is 24.3 Å². The minimum absolute atomic E-state index is 0.0660. The summed E-state index contributed by atoms with van der Waals surface area (Å²) in [6, 6.07) is 7.15. The first-order valence-corrected chi connectivity index (χ1v) is 8.49. The van der Waals surface area contributed by atoms with E-state index in [1.807, 2.05) is 12.1 Å². The van der Waals surface area contributed by atoms with Crippen LogP contribution in [-0.2, 0) is 9.84 Å². The van der Waals surface area contributed by atoms with Crippen LogP contribution in [0.5, 0.6) is 5.75 Å². The molecule has 19 heavy (non-hydrogen) atoms. The molecule has 1 aromatic carbocycles. The third-order valence-corrected chi connectivity index (χ3v) is 5.53. The summed E-state index contributed by atoms with van der Waals surface area (Å²) in [6.07, 6.45) is 0.684. The molecular formula is C13H18ClNO3S. The first-order valence-electron chi connectivity index (χ1n) is 6.29. The highest BCUT2D eigenvalue weighted by Gasteiger charge is 2.33. The van der Waals surface area contributed by atoms with Crippen molar-refractivity contribution >= 4 is 21.4 Å². The molecule has 0 aliphatic carbocycles. The van der Waals surface area contributed by atoms with Crippen molar-refractivity contribution in [1.29, 1.82) is 0 Å². The van der Waals surface area contributed by atoms with Crippen LogP contribution in [0.2, 0.25) is 5.02 Å². The van der Waals surface area contributed by atoms with Crippen LogP contribution in [0, 0.1) is 11.8 Å². The van der Waals surface area contributed by atoms with Gasteiger partial charge in [0.25, 0.3) is 0 Å². The van der Waals surface area contributed by atoms with Crippen molar-refractivity contribution in [3.05, 3.63) is 29.3 Å². The summed E-state index contributed by atoms with van der Waals surface area (Å²) in [6.45, 7) is 0.859. The van der Waals surface area contributed by atoms with Crippen molar-refractivity contribution in [3.8, 4) is 5.75 Å². The zero-order valence-electron chi connectivity index (χ0n) is 10.6. The van der Waals surface area contributed by atoms with Gasteiger partial charge in [-0.05, 0) is 37.1 Å². The van der Waals surface area contributed by atoms with Crippen LogP contribution in [0.3, 0.4) is 0 Å². The van der Waals surface area contributed by atoms with Crippen molar-refractivity contribution < 1.29 is 13.2 Å². The Morgan fingerprint density at radius 1 is 1.47 bits per heavy atom. The zero-order valence-corrected chi connectivity index (χ0v) is 12.2. The Morgan fingerprint density at radius 3 is 2.84 bits per heavy atom. The first-order chi connectivity index (χ1) is 9.00. The van der Waals surface area contributed by atoms with Gasteiger partial charge in [0, 0.05) is 10.9 Å². The standard InChI is InChI=1S/C13H18ClNO3S/c14-12-2-1-3-13(6-12)18-8-11(7-15)10-4-5-19(16,17)9-10/h1-3,6,10-11H,4-5,7-9,15H2.